The van der Waals surface area contributed by atoms with Gasteiger partial charge in [-0.3, -0.25) is 4.79 Å². The minimum atomic E-state index is -0.201. The molecule has 0 radical (unpaired) electrons. The summed E-state index contributed by atoms with van der Waals surface area (Å²) in [7, 11) is 0. The second-order valence-corrected chi connectivity index (χ2v) is 5.27. The number of ether oxygens (including phenoxy) is 1. The Bertz CT molecular complexity index is 615. The standard InChI is InChI=1S/C13H13BrClN3O2/c1-2-16-13(19)11-5-6-18(17-11)8-20-12-4-3-9(14)7-10(12)15/h3-7H,2,8H2,1H3,(H,16,19). The van der Waals surface area contributed by atoms with Crippen molar-refractivity contribution in [3.8, 4) is 5.75 Å². The van der Waals surface area contributed by atoms with E-state index in [4.69, 9.17) is 16.3 Å². The Kier molecular flexibility index (Phi) is 5.03. The molecule has 1 heterocycles. The minimum absolute atomic E-state index is 0.181. The number of carbonyl (C=O) groups excluding carboxylic acids is 1. The molecule has 5 nitrogen and oxygen atoms in total. The van der Waals surface area contributed by atoms with Crippen LogP contribution in [0.1, 0.15) is 17.4 Å². The first kappa shape index (κ1) is 14.9. The number of amides is 1. The van der Waals surface area contributed by atoms with Crippen LogP contribution >= 0.6 is 27.5 Å². The molecule has 1 N–H and O–H groups in total. The predicted octanol–water partition coefficient (Wildman–Crippen LogP) is 3.09. The normalized spacial score (nSPS) is 10.3. The van der Waals surface area contributed by atoms with Gasteiger partial charge in [-0.1, -0.05) is 27.5 Å². The van der Waals surface area contributed by atoms with E-state index in [2.05, 4.69) is 26.3 Å². The van der Waals surface area contributed by atoms with Crippen molar-refractivity contribution in [3.63, 3.8) is 0 Å². The third-order valence-corrected chi connectivity index (χ3v) is 3.25. The van der Waals surface area contributed by atoms with Crippen LogP contribution in [0.15, 0.2) is 34.9 Å². The average molecular weight is 359 g/mol. The SMILES string of the molecule is CCNC(=O)c1ccn(COc2ccc(Br)cc2Cl)n1. The lowest BCUT2D eigenvalue weighted by Crippen LogP contribution is -2.23. The molecule has 7 heteroatoms. The number of benzene rings is 1. The zero-order chi connectivity index (χ0) is 14.5. The highest BCUT2D eigenvalue weighted by Gasteiger charge is 2.08. The van der Waals surface area contributed by atoms with Crippen molar-refractivity contribution in [2.45, 2.75) is 13.7 Å². The van der Waals surface area contributed by atoms with E-state index in [0.29, 0.717) is 23.0 Å². The maximum atomic E-state index is 11.6. The number of nitrogens with zero attached hydrogens (tertiary/aromatic N) is 2. The average Bonchev–Trinajstić information content (AvgIpc) is 2.87. The highest BCUT2D eigenvalue weighted by molar-refractivity contribution is 9.10. The summed E-state index contributed by atoms with van der Waals surface area (Å²) in [5.74, 6) is 0.359. The lowest BCUT2D eigenvalue weighted by atomic mass is 10.3. The van der Waals surface area contributed by atoms with Crippen molar-refractivity contribution >= 4 is 33.4 Å². The van der Waals surface area contributed by atoms with Crippen LogP contribution in [0.2, 0.25) is 5.02 Å². The van der Waals surface area contributed by atoms with Crippen LogP contribution in [-0.2, 0) is 6.73 Å². The van der Waals surface area contributed by atoms with Crippen LogP contribution < -0.4 is 10.1 Å². The van der Waals surface area contributed by atoms with Gasteiger partial charge in [-0.15, -0.1) is 0 Å². The Morgan fingerprint density at radius 2 is 2.30 bits per heavy atom. The summed E-state index contributed by atoms with van der Waals surface area (Å²) >= 11 is 9.37. The fourth-order valence-corrected chi connectivity index (χ4v) is 2.26. The topological polar surface area (TPSA) is 56.2 Å². The fraction of sp³-hybridized carbons (Fsp3) is 0.231. The van der Waals surface area contributed by atoms with Gasteiger partial charge >= 0.3 is 0 Å². The van der Waals surface area contributed by atoms with Gasteiger partial charge in [-0.25, -0.2) is 4.68 Å². The van der Waals surface area contributed by atoms with E-state index in [1.807, 2.05) is 13.0 Å². The molecule has 0 aliphatic carbocycles. The molecule has 106 valence electrons. The zero-order valence-electron chi connectivity index (χ0n) is 10.8. The minimum Gasteiger partial charge on any atom is -0.470 e. The van der Waals surface area contributed by atoms with E-state index >= 15 is 0 Å². The van der Waals surface area contributed by atoms with Crippen LogP contribution in [0, 0.1) is 0 Å². The quantitative estimate of drug-likeness (QED) is 0.893. The number of hydrogen-bond donors (Lipinski definition) is 1. The highest BCUT2D eigenvalue weighted by Crippen LogP contribution is 2.27. The van der Waals surface area contributed by atoms with Gasteiger partial charge in [0.05, 0.1) is 5.02 Å². The second-order valence-electron chi connectivity index (χ2n) is 3.95. The number of rotatable bonds is 5. The van der Waals surface area contributed by atoms with Crippen molar-refractivity contribution in [1.82, 2.24) is 15.1 Å². The van der Waals surface area contributed by atoms with Gasteiger partial charge in [-0.2, -0.15) is 5.10 Å². The lowest BCUT2D eigenvalue weighted by molar-refractivity contribution is 0.0949. The Labute approximate surface area is 130 Å². The molecule has 0 fully saturated rings. The van der Waals surface area contributed by atoms with Gasteiger partial charge in [0.25, 0.3) is 5.91 Å². The van der Waals surface area contributed by atoms with Crippen LogP contribution in [-0.4, -0.2) is 22.2 Å². The number of halogens is 2. The van der Waals surface area contributed by atoms with Crippen molar-refractivity contribution in [1.29, 1.82) is 0 Å². The molecule has 0 bridgehead atoms. The third-order valence-electron chi connectivity index (χ3n) is 2.46. The summed E-state index contributed by atoms with van der Waals surface area (Å²) in [5, 5.41) is 7.31. The highest BCUT2D eigenvalue weighted by atomic mass is 79.9. The summed E-state index contributed by atoms with van der Waals surface area (Å²) < 4.78 is 7.96. The Morgan fingerprint density at radius 3 is 3.00 bits per heavy atom. The number of nitrogens with one attached hydrogen (secondary N) is 1. The fourth-order valence-electron chi connectivity index (χ4n) is 1.53. The lowest BCUT2D eigenvalue weighted by Gasteiger charge is -2.08. The van der Waals surface area contributed by atoms with Gasteiger partial charge in [0.1, 0.15) is 11.4 Å². The molecule has 1 amide bonds. The zero-order valence-corrected chi connectivity index (χ0v) is 13.1. The summed E-state index contributed by atoms with van der Waals surface area (Å²) in [6, 6.07) is 6.99. The smallest absolute Gasteiger partial charge is 0.271 e. The maximum Gasteiger partial charge on any atom is 0.271 e. The Balaban J connectivity index is 1.99. The van der Waals surface area contributed by atoms with Gasteiger partial charge in [0.2, 0.25) is 0 Å². The molecule has 0 aliphatic heterocycles. The number of carbonyl (C=O) groups is 1. The van der Waals surface area contributed by atoms with Gasteiger partial charge in [0, 0.05) is 17.2 Å². The summed E-state index contributed by atoms with van der Waals surface area (Å²) in [4.78, 5) is 11.6. The van der Waals surface area contributed by atoms with E-state index < -0.39 is 0 Å². The molecule has 0 unspecified atom stereocenters. The molecule has 1 aromatic heterocycles. The Hall–Kier alpha value is -1.53. The summed E-state index contributed by atoms with van der Waals surface area (Å²) in [5.41, 5.74) is 0.359. The van der Waals surface area contributed by atoms with E-state index in [1.165, 1.54) is 4.68 Å². The van der Waals surface area contributed by atoms with Gasteiger partial charge in [-0.05, 0) is 31.2 Å². The molecule has 20 heavy (non-hydrogen) atoms. The van der Waals surface area contributed by atoms with Crippen LogP contribution in [0.3, 0.4) is 0 Å². The third kappa shape index (κ3) is 3.74. The molecular formula is C13H13BrClN3O2. The summed E-state index contributed by atoms with van der Waals surface area (Å²) in [6.45, 7) is 2.60. The largest absolute Gasteiger partial charge is 0.470 e. The molecule has 0 saturated carbocycles. The second kappa shape index (κ2) is 6.76. The van der Waals surface area contributed by atoms with Crippen molar-refractivity contribution in [3.05, 3.63) is 45.7 Å². The molecule has 1 aromatic carbocycles. The first-order valence-electron chi connectivity index (χ1n) is 5.99. The van der Waals surface area contributed by atoms with E-state index in [-0.39, 0.29) is 12.6 Å². The molecule has 0 aliphatic rings. The predicted molar refractivity (Wildman–Crippen MR) is 80.0 cm³/mol. The van der Waals surface area contributed by atoms with E-state index in [9.17, 15) is 4.79 Å². The van der Waals surface area contributed by atoms with Crippen LogP contribution in [0.5, 0.6) is 5.75 Å². The number of aromatic nitrogens is 2. The first-order chi connectivity index (χ1) is 9.60. The monoisotopic (exact) mass is 357 g/mol. The van der Waals surface area contributed by atoms with Crippen LogP contribution in [0.4, 0.5) is 0 Å². The maximum absolute atomic E-state index is 11.6. The molecule has 0 spiro atoms. The molecule has 0 atom stereocenters. The van der Waals surface area contributed by atoms with Crippen LogP contribution in [0.25, 0.3) is 0 Å². The van der Waals surface area contributed by atoms with E-state index in [0.717, 1.165) is 4.47 Å². The van der Waals surface area contributed by atoms with Gasteiger partial charge in [0.15, 0.2) is 6.73 Å². The molecule has 2 rings (SSSR count). The van der Waals surface area contributed by atoms with Crippen molar-refractivity contribution in [2.24, 2.45) is 0 Å². The molecule has 2 aromatic rings. The number of hydrogen-bond acceptors (Lipinski definition) is 3. The van der Waals surface area contributed by atoms with Gasteiger partial charge < -0.3 is 10.1 Å². The van der Waals surface area contributed by atoms with E-state index in [1.54, 1.807) is 24.4 Å². The van der Waals surface area contributed by atoms with Crippen molar-refractivity contribution in [2.75, 3.05) is 6.54 Å². The Morgan fingerprint density at radius 1 is 1.50 bits per heavy atom. The first-order valence-corrected chi connectivity index (χ1v) is 7.16. The van der Waals surface area contributed by atoms with Crippen molar-refractivity contribution < 1.29 is 9.53 Å². The molecular weight excluding hydrogens is 346 g/mol. The molecule has 0 saturated heterocycles. The summed E-state index contributed by atoms with van der Waals surface area (Å²) in [6.07, 6.45) is 1.68.